The summed E-state index contributed by atoms with van der Waals surface area (Å²) in [6.45, 7) is 2.68. The standard InChI is InChI=1S/C7H7F7/c1-2-3(8)4(9)5(10)7(13,14)6(11)12/h2-6H,1H2. The predicted molar refractivity (Wildman–Crippen MR) is 35.8 cm³/mol. The van der Waals surface area contributed by atoms with Gasteiger partial charge in [0, 0.05) is 0 Å². The fraction of sp³-hybridized carbons (Fsp3) is 0.714. The first-order valence-electron chi connectivity index (χ1n) is 3.45. The largest absolute Gasteiger partial charge is 0.340 e. The van der Waals surface area contributed by atoms with Gasteiger partial charge in [0.25, 0.3) is 0 Å². The first-order valence-corrected chi connectivity index (χ1v) is 3.45. The van der Waals surface area contributed by atoms with Crippen LogP contribution in [0.1, 0.15) is 0 Å². The lowest BCUT2D eigenvalue weighted by molar-refractivity contribution is -0.188. The van der Waals surface area contributed by atoms with Crippen LogP contribution in [-0.4, -0.2) is 30.9 Å². The second kappa shape index (κ2) is 4.65. The van der Waals surface area contributed by atoms with Crippen molar-refractivity contribution in [2.75, 3.05) is 0 Å². The molecule has 3 unspecified atom stereocenters. The first kappa shape index (κ1) is 13.2. The summed E-state index contributed by atoms with van der Waals surface area (Å²) in [6.07, 6.45) is -14.1. The summed E-state index contributed by atoms with van der Waals surface area (Å²) in [5.74, 6) is -5.20. The van der Waals surface area contributed by atoms with Crippen LogP contribution < -0.4 is 0 Å². The number of alkyl halides is 7. The van der Waals surface area contributed by atoms with Gasteiger partial charge in [-0.15, -0.1) is 6.58 Å². The maximum atomic E-state index is 12.4. The minimum atomic E-state index is -5.20. The second-order valence-electron chi connectivity index (χ2n) is 2.50. The first-order chi connectivity index (χ1) is 6.25. The molecule has 0 bridgehead atoms. The molecule has 0 heterocycles. The van der Waals surface area contributed by atoms with Gasteiger partial charge in [-0.2, -0.15) is 8.78 Å². The average Bonchev–Trinajstić information content (AvgIpc) is 2.13. The van der Waals surface area contributed by atoms with E-state index < -0.39 is 30.9 Å². The number of halogens is 7. The Morgan fingerprint density at radius 3 is 1.71 bits per heavy atom. The maximum Gasteiger partial charge on any atom is 0.340 e. The van der Waals surface area contributed by atoms with E-state index in [-0.39, 0.29) is 6.08 Å². The molecule has 0 rings (SSSR count). The van der Waals surface area contributed by atoms with Crippen LogP contribution in [0.2, 0.25) is 0 Å². The van der Waals surface area contributed by atoms with Crippen molar-refractivity contribution in [2.45, 2.75) is 30.9 Å². The summed E-state index contributed by atoms with van der Waals surface area (Å²) in [6, 6.07) is 0. The molecule has 0 saturated carbocycles. The van der Waals surface area contributed by atoms with Gasteiger partial charge in [-0.3, -0.25) is 0 Å². The third-order valence-electron chi connectivity index (χ3n) is 1.47. The molecule has 7 heteroatoms. The molecule has 14 heavy (non-hydrogen) atoms. The zero-order valence-electron chi connectivity index (χ0n) is 6.74. The summed E-state index contributed by atoms with van der Waals surface area (Å²) in [5.41, 5.74) is 0. The van der Waals surface area contributed by atoms with Gasteiger partial charge >= 0.3 is 12.3 Å². The summed E-state index contributed by atoms with van der Waals surface area (Å²) in [4.78, 5) is 0. The molecule has 0 aromatic carbocycles. The Morgan fingerprint density at radius 1 is 1.00 bits per heavy atom. The molecule has 3 atom stereocenters. The summed E-state index contributed by atoms with van der Waals surface area (Å²) in [7, 11) is 0. The second-order valence-corrected chi connectivity index (χ2v) is 2.50. The maximum absolute atomic E-state index is 12.4. The highest BCUT2D eigenvalue weighted by atomic mass is 19.3. The lowest BCUT2D eigenvalue weighted by Gasteiger charge is -2.23. The van der Waals surface area contributed by atoms with Gasteiger partial charge in [0.2, 0.25) is 6.17 Å². The molecule has 0 spiro atoms. The van der Waals surface area contributed by atoms with Crippen LogP contribution in [0.15, 0.2) is 12.7 Å². The topological polar surface area (TPSA) is 0 Å². The Hall–Kier alpha value is -0.750. The van der Waals surface area contributed by atoms with Crippen molar-refractivity contribution in [1.82, 2.24) is 0 Å². The van der Waals surface area contributed by atoms with Crippen molar-refractivity contribution in [2.24, 2.45) is 0 Å². The van der Waals surface area contributed by atoms with Crippen LogP contribution in [0, 0.1) is 0 Å². The van der Waals surface area contributed by atoms with Crippen molar-refractivity contribution in [3.63, 3.8) is 0 Å². The molecule has 0 N–H and O–H groups in total. The highest BCUT2D eigenvalue weighted by molar-refractivity contribution is 4.95. The molecule has 0 nitrogen and oxygen atoms in total. The minimum absolute atomic E-state index is 0.221. The fourth-order valence-electron chi connectivity index (χ4n) is 0.624. The SMILES string of the molecule is C=CC(F)C(F)C(F)C(F)(F)C(F)F. The van der Waals surface area contributed by atoms with Gasteiger partial charge in [0.15, 0.2) is 12.3 Å². The summed E-state index contributed by atoms with van der Waals surface area (Å²) >= 11 is 0. The Kier molecular flexibility index (Phi) is 4.41. The number of hydrogen-bond donors (Lipinski definition) is 0. The highest BCUT2D eigenvalue weighted by Gasteiger charge is 2.54. The van der Waals surface area contributed by atoms with Crippen LogP contribution >= 0.6 is 0 Å². The predicted octanol–water partition coefficient (Wildman–Crippen LogP) is 3.09. The van der Waals surface area contributed by atoms with Gasteiger partial charge in [0.05, 0.1) is 0 Å². The molecule has 84 valence electrons. The summed E-state index contributed by atoms with van der Waals surface area (Å²) in [5, 5.41) is 0. The molecule has 0 aromatic rings. The Labute approximate surface area is 75.4 Å². The molecule has 0 fully saturated rings. The number of allylic oxidation sites excluding steroid dienone is 1. The molecular weight excluding hydrogens is 217 g/mol. The number of hydrogen-bond acceptors (Lipinski definition) is 0. The Bertz CT molecular complexity index is 190. The van der Waals surface area contributed by atoms with E-state index in [0.717, 1.165) is 0 Å². The third-order valence-corrected chi connectivity index (χ3v) is 1.47. The lowest BCUT2D eigenvalue weighted by atomic mass is 10.1. The van der Waals surface area contributed by atoms with Crippen LogP contribution in [0.4, 0.5) is 30.7 Å². The average molecular weight is 224 g/mol. The van der Waals surface area contributed by atoms with E-state index in [9.17, 15) is 30.7 Å². The zero-order valence-corrected chi connectivity index (χ0v) is 6.74. The normalized spacial score (nSPS) is 19.1. The van der Waals surface area contributed by atoms with Gasteiger partial charge < -0.3 is 0 Å². The Balaban J connectivity index is 4.59. The van der Waals surface area contributed by atoms with Crippen molar-refractivity contribution in [1.29, 1.82) is 0 Å². The van der Waals surface area contributed by atoms with E-state index in [1.807, 2.05) is 0 Å². The van der Waals surface area contributed by atoms with Crippen LogP contribution in [0.5, 0.6) is 0 Å². The molecule has 0 aliphatic heterocycles. The van der Waals surface area contributed by atoms with Gasteiger partial charge in [-0.05, 0) is 0 Å². The van der Waals surface area contributed by atoms with E-state index in [4.69, 9.17) is 0 Å². The molecular formula is C7H7F7. The van der Waals surface area contributed by atoms with Gasteiger partial charge in [-0.25, -0.2) is 22.0 Å². The lowest BCUT2D eigenvalue weighted by Crippen LogP contribution is -2.46. The van der Waals surface area contributed by atoms with Crippen molar-refractivity contribution < 1.29 is 30.7 Å². The zero-order chi connectivity index (χ0) is 11.5. The minimum Gasteiger partial charge on any atom is -0.240 e. The molecule has 0 radical (unpaired) electrons. The Morgan fingerprint density at radius 2 is 1.43 bits per heavy atom. The monoisotopic (exact) mass is 224 g/mol. The molecule has 0 aromatic heterocycles. The quantitative estimate of drug-likeness (QED) is 0.497. The van der Waals surface area contributed by atoms with Crippen LogP contribution in [-0.2, 0) is 0 Å². The van der Waals surface area contributed by atoms with Crippen molar-refractivity contribution in [3.8, 4) is 0 Å². The number of rotatable bonds is 5. The molecule has 0 aliphatic carbocycles. The molecule has 0 aliphatic rings. The molecule has 0 amide bonds. The van der Waals surface area contributed by atoms with Gasteiger partial charge in [0.1, 0.15) is 0 Å². The van der Waals surface area contributed by atoms with Crippen LogP contribution in [0.25, 0.3) is 0 Å². The fourth-order valence-corrected chi connectivity index (χ4v) is 0.624. The van der Waals surface area contributed by atoms with E-state index in [2.05, 4.69) is 6.58 Å². The smallest absolute Gasteiger partial charge is 0.240 e. The third kappa shape index (κ3) is 2.62. The molecule has 0 saturated heterocycles. The highest BCUT2D eigenvalue weighted by Crippen LogP contribution is 2.33. The van der Waals surface area contributed by atoms with E-state index in [0.29, 0.717) is 0 Å². The van der Waals surface area contributed by atoms with E-state index in [1.165, 1.54) is 0 Å². The van der Waals surface area contributed by atoms with Crippen molar-refractivity contribution >= 4 is 0 Å². The van der Waals surface area contributed by atoms with Gasteiger partial charge in [-0.1, -0.05) is 6.08 Å². The summed E-state index contributed by atoms with van der Waals surface area (Å²) < 4.78 is 84.3. The van der Waals surface area contributed by atoms with Crippen LogP contribution in [0.3, 0.4) is 0 Å². The van der Waals surface area contributed by atoms with Crippen molar-refractivity contribution in [3.05, 3.63) is 12.7 Å². The van der Waals surface area contributed by atoms with E-state index in [1.54, 1.807) is 0 Å². The van der Waals surface area contributed by atoms with E-state index >= 15 is 0 Å².